The van der Waals surface area contributed by atoms with E-state index in [0.29, 0.717) is 26.2 Å². The summed E-state index contributed by atoms with van der Waals surface area (Å²) in [6.07, 6.45) is -0.436. The van der Waals surface area contributed by atoms with Crippen molar-refractivity contribution in [3.05, 3.63) is 95.1 Å². The fourth-order valence-electron chi connectivity index (χ4n) is 3.90. The molecule has 1 aliphatic rings. The Morgan fingerprint density at radius 1 is 0.839 bits per heavy atom. The van der Waals surface area contributed by atoms with E-state index in [1.54, 1.807) is 24.3 Å². The number of carbonyl (C=O) groups excluding carboxylic acids is 1. The summed E-state index contributed by atoms with van der Waals surface area (Å²) in [6, 6.07) is 23.2. The molecule has 3 aromatic rings. The molecule has 0 spiro atoms. The van der Waals surface area contributed by atoms with Crippen LogP contribution in [0.4, 0.5) is 4.79 Å². The van der Waals surface area contributed by atoms with Crippen LogP contribution in [0.25, 0.3) is 11.1 Å². The number of fused-ring (bicyclic) bond motifs is 3. The Labute approximate surface area is 180 Å². The Morgan fingerprint density at radius 2 is 1.45 bits per heavy atom. The molecule has 6 nitrogen and oxygen atoms in total. The molecule has 158 valence electrons. The number of nitrogens with one attached hydrogen (secondary N) is 2. The summed E-state index contributed by atoms with van der Waals surface area (Å²) < 4.78 is 5.51. The van der Waals surface area contributed by atoms with Crippen molar-refractivity contribution >= 4 is 12.1 Å². The Kier molecular flexibility index (Phi) is 6.29. The van der Waals surface area contributed by atoms with Crippen LogP contribution in [0.15, 0.2) is 72.8 Å². The normalized spacial score (nSPS) is 12.1. The highest BCUT2D eigenvalue weighted by molar-refractivity contribution is 5.87. The smallest absolute Gasteiger partial charge is 0.407 e. The molecule has 0 saturated heterocycles. The number of amides is 1. The summed E-state index contributed by atoms with van der Waals surface area (Å²) in [5, 5.41) is 14.9. The van der Waals surface area contributed by atoms with Gasteiger partial charge in [-0.1, -0.05) is 60.7 Å². The molecule has 0 unspecified atom stereocenters. The molecule has 0 aliphatic heterocycles. The van der Waals surface area contributed by atoms with Gasteiger partial charge in [0.15, 0.2) is 0 Å². The molecule has 31 heavy (non-hydrogen) atoms. The lowest BCUT2D eigenvalue weighted by molar-refractivity contribution is 0.0696. The molecule has 0 radical (unpaired) electrons. The van der Waals surface area contributed by atoms with E-state index in [9.17, 15) is 9.59 Å². The quantitative estimate of drug-likeness (QED) is 0.483. The first-order chi connectivity index (χ1) is 15.1. The van der Waals surface area contributed by atoms with Gasteiger partial charge in [-0.2, -0.15) is 0 Å². The number of carboxylic acid groups (broad SMARTS) is 1. The number of benzene rings is 3. The van der Waals surface area contributed by atoms with Crippen molar-refractivity contribution < 1.29 is 19.4 Å². The van der Waals surface area contributed by atoms with Gasteiger partial charge in [-0.15, -0.1) is 0 Å². The standard InChI is InChI=1S/C25H24N2O4/c28-24(29)18-11-9-17(10-12-18)15-26-13-14-27-25(30)31-16-23-21-7-3-1-5-19(21)20-6-2-4-8-22(20)23/h1-12,23,26H,13-16H2,(H,27,30)(H,28,29). The zero-order chi connectivity index (χ0) is 21.6. The largest absolute Gasteiger partial charge is 0.478 e. The van der Waals surface area contributed by atoms with E-state index in [0.717, 1.165) is 5.56 Å². The summed E-state index contributed by atoms with van der Waals surface area (Å²) in [4.78, 5) is 23.0. The van der Waals surface area contributed by atoms with Crippen molar-refractivity contribution in [2.75, 3.05) is 19.7 Å². The molecule has 0 aromatic heterocycles. The van der Waals surface area contributed by atoms with Gasteiger partial charge in [-0.3, -0.25) is 0 Å². The molecule has 1 amide bonds. The number of hydrogen-bond acceptors (Lipinski definition) is 4. The van der Waals surface area contributed by atoms with Gasteiger partial charge in [0, 0.05) is 25.6 Å². The van der Waals surface area contributed by atoms with Crippen molar-refractivity contribution in [3.8, 4) is 11.1 Å². The van der Waals surface area contributed by atoms with E-state index < -0.39 is 12.1 Å². The highest BCUT2D eigenvalue weighted by atomic mass is 16.5. The van der Waals surface area contributed by atoms with E-state index in [1.165, 1.54) is 22.3 Å². The van der Waals surface area contributed by atoms with Crippen LogP contribution in [0.2, 0.25) is 0 Å². The van der Waals surface area contributed by atoms with Crippen molar-refractivity contribution in [3.63, 3.8) is 0 Å². The number of rotatable bonds is 8. The molecule has 0 fully saturated rings. The third-order valence-corrected chi connectivity index (χ3v) is 5.44. The van der Waals surface area contributed by atoms with Gasteiger partial charge < -0.3 is 20.5 Å². The maximum absolute atomic E-state index is 12.1. The first-order valence-electron chi connectivity index (χ1n) is 10.3. The maximum atomic E-state index is 12.1. The Bertz CT molecular complexity index is 1030. The molecule has 0 atom stereocenters. The van der Waals surface area contributed by atoms with Gasteiger partial charge in [-0.05, 0) is 39.9 Å². The average Bonchev–Trinajstić information content (AvgIpc) is 3.11. The first-order valence-corrected chi connectivity index (χ1v) is 10.3. The first kappa shape index (κ1) is 20.6. The second kappa shape index (κ2) is 9.45. The van der Waals surface area contributed by atoms with E-state index in [1.807, 2.05) is 24.3 Å². The van der Waals surface area contributed by atoms with Gasteiger partial charge in [0.25, 0.3) is 0 Å². The number of hydrogen-bond donors (Lipinski definition) is 3. The zero-order valence-electron chi connectivity index (χ0n) is 17.0. The van der Waals surface area contributed by atoms with Gasteiger partial charge in [0.2, 0.25) is 0 Å². The lowest BCUT2D eigenvalue weighted by Gasteiger charge is -2.14. The number of ether oxygens (including phenoxy) is 1. The fraction of sp³-hybridized carbons (Fsp3) is 0.200. The van der Waals surface area contributed by atoms with Gasteiger partial charge in [0.05, 0.1) is 5.56 Å². The number of aromatic carboxylic acids is 1. The third kappa shape index (κ3) is 4.75. The molecule has 6 heteroatoms. The lowest BCUT2D eigenvalue weighted by atomic mass is 9.98. The predicted octanol–water partition coefficient (Wildman–Crippen LogP) is 4.01. The second-order valence-corrected chi connectivity index (χ2v) is 7.43. The molecular weight excluding hydrogens is 392 g/mol. The maximum Gasteiger partial charge on any atom is 0.407 e. The van der Waals surface area contributed by atoms with Crippen LogP contribution in [-0.2, 0) is 11.3 Å². The van der Waals surface area contributed by atoms with Crippen LogP contribution in [0.5, 0.6) is 0 Å². The van der Waals surface area contributed by atoms with Crippen LogP contribution in [0, 0.1) is 0 Å². The molecule has 3 aromatic carbocycles. The minimum Gasteiger partial charge on any atom is -0.478 e. The summed E-state index contributed by atoms with van der Waals surface area (Å²) in [6.45, 7) is 1.89. The van der Waals surface area contributed by atoms with Gasteiger partial charge >= 0.3 is 12.1 Å². The van der Waals surface area contributed by atoms with Crippen LogP contribution in [0.3, 0.4) is 0 Å². The Morgan fingerprint density at radius 3 is 2.06 bits per heavy atom. The van der Waals surface area contributed by atoms with Crippen molar-refractivity contribution in [1.29, 1.82) is 0 Å². The molecule has 0 heterocycles. The van der Waals surface area contributed by atoms with Crippen molar-refractivity contribution in [2.45, 2.75) is 12.5 Å². The van der Waals surface area contributed by atoms with E-state index in [4.69, 9.17) is 9.84 Å². The number of carboxylic acids is 1. The summed E-state index contributed by atoms with van der Waals surface area (Å²) >= 11 is 0. The highest BCUT2D eigenvalue weighted by Crippen LogP contribution is 2.44. The van der Waals surface area contributed by atoms with E-state index >= 15 is 0 Å². The van der Waals surface area contributed by atoms with Crippen LogP contribution >= 0.6 is 0 Å². The van der Waals surface area contributed by atoms with E-state index in [-0.39, 0.29) is 11.5 Å². The molecule has 3 N–H and O–H groups in total. The monoisotopic (exact) mass is 416 g/mol. The van der Waals surface area contributed by atoms with Crippen molar-refractivity contribution in [2.24, 2.45) is 0 Å². The summed E-state index contributed by atoms with van der Waals surface area (Å²) in [5.41, 5.74) is 6.02. The summed E-state index contributed by atoms with van der Waals surface area (Å²) in [7, 11) is 0. The SMILES string of the molecule is O=C(NCCNCc1ccc(C(=O)O)cc1)OCC1c2ccccc2-c2ccccc21. The second-order valence-electron chi connectivity index (χ2n) is 7.43. The minimum atomic E-state index is -0.938. The molecular formula is C25H24N2O4. The van der Waals surface area contributed by atoms with Crippen LogP contribution in [-0.4, -0.2) is 36.9 Å². The lowest BCUT2D eigenvalue weighted by Crippen LogP contribution is -2.32. The Hall–Kier alpha value is -3.64. The topological polar surface area (TPSA) is 87.7 Å². The highest BCUT2D eigenvalue weighted by Gasteiger charge is 2.28. The molecule has 4 rings (SSSR count). The average molecular weight is 416 g/mol. The molecule has 0 saturated carbocycles. The zero-order valence-corrected chi connectivity index (χ0v) is 17.0. The van der Waals surface area contributed by atoms with Crippen LogP contribution in [0.1, 0.15) is 33.0 Å². The third-order valence-electron chi connectivity index (χ3n) is 5.44. The van der Waals surface area contributed by atoms with E-state index in [2.05, 4.69) is 34.9 Å². The molecule has 0 bridgehead atoms. The summed E-state index contributed by atoms with van der Waals surface area (Å²) in [5.74, 6) is -0.892. The number of carbonyl (C=O) groups is 2. The minimum absolute atomic E-state index is 0.0463. The Balaban J connectivity index is 1.21. The molecule has 1 aliphatic carbocycles. The number of alkyl carbamates (subject to hydrolysis) is 1. The van der Waals surface area contributed by atoms with Gasteiger partial charge in [0.1, 0.15) is 6.61 Å². The van der Waals surface area contributed by atoms with Gasteiger partial charge in [-0.25, -0.2) is 9.59 Å². The predicted molar refractivity (Wildman–Crippen MR) is 118 cm³/mol. The van der Waals surface area contributed by atoms with Crippen molar-refractivity contribution in [1.82, 2.24) is 10.6 Å². The van der Waals surface area contributed by atoms with Crippen LogP contribution < -0.4 is 10.6 Å². The fourth-order valence-corrected chi connectivity index (χ4v) is 3.90.